The summed E-state index contributed by atoms with van der Waals surface area (Å²) in [6.07, 6.45) is 2.19. The summed E-state index contributed by atoms with van der Waals surface area (Å²) in [6.45, 7) is 0.734. The predicted octanol–water partition coefficient (Wildman–Crippen LogP) is 2.84. The molecule has 1 aromatic carbocycles. The standard InChI is InChI=1S/C13H15BrN2O3/c1-15(8-9-6-11(14)7-9)13(17)10-2-4-12(5-3-10)16(18)19/h2-5,9,11H,6-8H2,1H3. The van der Waals surface area contributed by atoms with E-state index in [9.17, 15) is 14.9 Å². The van der Waals surface area contributed by atoms with Crippen molar-refractivity contribution in [3.8, 4) is 0 Å². The number of carbonyl (C=O) groups excluding carboxylic acids is 1. The Hall–Kier alpha value is -1.43. The van der Waals surface area contributed by atoms with E-state index in [0.717, 1.165) is 19.4 Å². The van der Waals surface area contributed by atoms with Gasteiger partial charge in [-0.15, -0.1) is 0 Å². The van der Waals surface area contributed by atoms with E-state index in [4.69, 9.17) is 0 Å². The summed E-state index contributed by atoms with van der Waals surface area (Å²) in [4.78, 5) is 24.5. The van der Waals surface area contributed by atoms with Gasteiger partial charge in [-0.1, -0.05) is 15.9 Å². The van der Waals surface area contributed by atoms with Crippen LogP contribution in [0.5, 0.6) is 0 Å². The van der Waals surface area contributed by atoms with E-state index in [0.29, 0.717) is 16.3 Å². The molecule has 1 aliphatic rings. The number of rotatable bonds is 4. The average Bonchev–Trinajstić information content (AvgIpc) is 2.36. The molecule has 0 N–H and O–H groups in total. The quantitative estimate of drug-likeness (QED) is 0.485. The van der Waals surface area contributed by atoms with E-state index in [2.05, 4.69) is 15.9 Å². The van der Waals surface area contributed by atoms with Gasteiger partial charge in [-0.05, 0) is 30.9 Å². The fourth-order valence-electron chi connectivity index (χ4n) is 2.22. The van der Waals surface area contributed by atoms with Crippen molar-refractivity contribution in [2.75, 3.05) is 13.6 Å². The molecule has 6 heteroatoms. The lowest BCUT2D eigenvalue weighted by Gasteiger charge is -2.34. The number of alkyl halides is 1. The van der Waals surface area contributed by atoms with Gasteiger partial charge in [0.2, 0.25) is 0 Å². The molecule has 0 saturated heterocycles. The van der Waals surface area contributed by atoms with Crippen LogP contribution in [-0.4, -0.2) is 34.2 Å². The molecule has 1 amide bonds. The number of benzene rings is 1. The van der Waals surface area contributed by atoms with Crippen LogP contribution in [0.2, 0.25) is 0 Å². The summed E-state index contributed by atoms with van der Waals surface area (Å²) in [5, 5.41) is 10.5. The molecule has 0 spiro atoms. The van der Waals surface area contributed by atoms with Crippen molar-refractivity contribution in [2.45, 2.75) is 17.7 Å². The molecule has 0 bridgehead atoms. The first-order chi connectivity index (χ1) is 8.97. The van der Waals surface area contributed by atoms with Gasteiger partial charge >= 0.3 is 0 Å². The van der Waals surface area contributed by atoms with Gasteiger partial charge in [0, 0.05) is 36.1 Å². The summed E-state index contributed by atoms with van der Waals surface area (Å²) in [5.41, 5.74) is 0.489. The third-order valence-electron chi connectivity index (χ3n) is 3.38. The molecule has 1 aromatic rings. The summed E-state index contributed by atoms with van der Waals surface area (Å²) in [6, 6.07) is 5.73. The molecule has 19 heavy (non-hydrogen) atoms. The van der Waals surface area contributed by atoms with Crippen LogP contribution in [0.4, 0.5) is 5.69 Å². The molecule has 0 atom stereocenters. The molecule has 5 nitrogen and oxygen atoms in total. The number of nitro benzene ring substituents is 1. The molecular formula is C13H15BrN2O3. The molecule has 2 rings (SSSR count). The summed E-state index contributed by atoms with van der Waals surface area (Å²) in [7, 11) is 1.77. The minimum Gasteiger partial charge on any atom is -0.341 e. The van der Waals surface area contributed by atoms with E-state index in [-0.39, 0.29) is 11.6 Å². The van der Waals surface area contributed by atoms with Crippen LogP contribution < -0.4 is 0 Å². The number of nitro groups is 1. The topological polar surface area (TPSA) is 63.5 Å². The number of carbonyl (C=O) groups is 1. The lowest BCUT2D eigenvalue weighted by atomic mass is 9.85. The fraction of sp³-hybridized carbons (Fsp3) is 0.462. The van der Waals surface area contributed by atoms with Crippen molar-refractivity contribution in [1.29, 1.82) is 0 Å². The maximum Gasteiger partial charge on any atom is 0.269 e. The van der Waals surface area contributed by atoms with Crippen LogP contribution in [0.3, 0.4) is 0 Å². The lowest BCUT2D eigenvalue weighted by Crippen LogP contribution is -2.37. The summed E-state index contributed by atoms with van der Waals surface area (Å²) >= 11 is 3.53. The SMILES string of the molecule is CN(CC1CC(Br)C1)C(=O)c1ccc([N+](=O)[O-])cc1. The van der Waals surface area contributed by atoms with Crippen molar-refractivity contribution in [1.82, 2.24) is 4.90 Å². The van der Waals surface area contributed by atoms with Crippen LogP contribution in [0, 0.1) is 16.0 Å². The molecule has 0 unspecified atom stereocenters. The maximum atomic E-state index is 12.1. The molecule has 102 valence electrons. The molecule has 1 saturated carbocycles. The monoisotopic (exact) mass is 326 g/mol. The highest BCUT2D eigenvalue weighted by atomic mass is 79.9. The molecule has 1 fully saturated rings. The second-order valence-corrected chi connectivity index (χ2v) is 6.22. The Morgan fingerprint density at radius 3 is 2.47 bits per heavy atom. The third kappa shape index (κ3) is 3.32. The smallest absolute Gasteiger partial charge is 0.269 e. The second kappa shape index (κ2) is 5.69. The number of nitrogens with zero attached hydrogens (tertiary/aromatic N) is 2. The Morgan fingerprint density at radius 2 is 2.00 bits per heavy atom. The summed E-state index contributed by atoms with van der Waals surface area (Å²) < 4.78 is 0. The average molecular weight is 327 g/mol. The highest BCUT2D eigenvalue weighted by molar-refractivity contribution is 9.09. The fourth-order valence-corrected chi connectivity index (χ4v) is 3.28. The van der Waals surface area contributed by atoms with Gasteiger partial charge < -0.3 is 4.90 Å². The van der Waals surface area contributed by atoms with E-state index in [1.165, 1.54) is 24.3 Å². The van der Waals surface area contributed by atoms with Crippen molar-refractivity contribution < 1.29 is 9.72 Å². The zero-order valence-electron chi connectivity index (χ0n) is 10.6. The number of non-ortho nitro benzene ring substituents is 1. The van der Waals surface area contributed by atoms with Gasteiger partial charge in [-0.2, -0.15) is 0 Å². The van der Waals surface area contributed by atoms with Gasteiger partial charge in [-0.25, -0.2) is 0 Å². The molecule has 0 radical (unpaired) electrons. The van der Waals surface area contributed by atoms with Crippen molar-refractivity contribution >= 4 is 27.5 Å². The Bertz CT molecular complexity index is 483. The first-order valence-electron chi connectivity index (χ1n) is 6.11. The number of hydrogen-bond acceptors (Lipinski definition) is 3. The van der Waals surface area contributed by atoms with Crippen LogP contribution in [0.25, 0.3) is 0 Å². The van der Waals surface area contributed by atoms with Gasteiger partial charge in [0.15, 0.2) is 0 Å². The molecule has 0 aromatic heterocycles. The van der Waals surface area contributed by atoms with E-state index in [1.54, 1.807) is 11.9 Å². The van der Waals surface area contributed by atoms with Crippen molar-refractivity contribution in [3.63, 3.8) is 0 Å². The van der Waals surface area contributed by atoms with Crippen LogP contribution in [0.15, 0.2) is 24.3 Å². The number of hydrogen-bond donors (Lipinski definition) is 0. The molecule has 1 aliphatic carbocycles. The van der Waals surface area contributed by atoms with Gasteiger partial charge in [-0.3, -0.25) is 14.9 Å². The first kappa shape index (κ1) is 14.0. The van der Waals surface area contributed by atoms with Gasteiger partial charge in [0.05, 0.1) is 4.92 Å². The number of amides is 1. The lowest BCUT2D eigenvalue weighted by molar-refractivity contribution is -0.384. The van der Waals surface area contributed by atoms with Gasteiger partial charge in [0.25, 0.3) is 11.6 Å². The normalized spacial score (nSPS) is 21.6. The van der Waals surface area contributed by atoms with Crippen LogP contribution >= 0.6 is 15.9 Å². The zero-order chi connectivity index (χ0) is 14.0. The van der Waals surface area contributed by atoms with Gasteiger partial charge in [0.1, 0.15) is 0 Å². The Balaban J connectivity index is 1.96. The van der Waals surface area contributed by atoms with Crippen molar-refractivity contribution in [2.24, 2.45) is 5.92 Å². The maximum absolute atomic E-state index is 12.1. The molecular weight excluding hydrogens is 312 g/mol. The van der Waals surface area contributed by atoms with Crippen LogP contribution in [0.1, 0.15) is 23.2 Å². The molecule has 0 aliphatic heterocycles. The third-order valence-corrected chi connectivity index (χ3v) is 4.13. The Labute approximate surface area is 119 Å². The van der Waals surface area contributed by atoms with E-state index < -0.39 is 4.92 Å². The van der Waals surface area contributed by atoms with E-state index in [1.807, 2.05) is 0 Å². The second-order valence-electron chi connectivity index (χ2n) is 4.92. The Morgan fingerprint density at radius 1 is 1.42 bits per heavy atom. The highest BCUT2D eigenvalue weighted by Gasteiger charge is 2.29. The van der Waals surface area contributed by atoms with Crippen molar-refractivity contribution in [3.05, 3.63) is 39.9 Å². The zero-order valence-corrected chi connectivity index (χ0v) is 12.2. The van der Waals surface area contributed by atoms with Crippen LogP contribution in [-0.2, 0) is 0 Å². The number of halogens is 1. The Kier molecular flexibility index (Phi) is 4.19. The predicted molar refractivity (Wildman–Crippen MR) is 75.5 cm³/mol. The minimum absolute atomic E-state index is 0.000302. The molecule has 0 heterocycles. The largest absolute Gasteiger partial charge is 0.341 e. The van der Waals surface area contributed by atoms with E-state index >= 15 is 0 Å². The minimum atomic E-state index is -0.470. The highest BCUT2D eigenvalue weighted by Crippen LogP contribution is 2.33. The summed E-state index contributed by atoms with van der Waals surface area (Å²) in [5.74, 6) is 0.462. The first-order valence-corrected chi connectivity index (χ1v) is 7.03.